The van der Waals surface area contributed by atoms with Crippen molar-refractivity contribution in [3.05, 3.63) is 71.5 Å². The molecule has 0 spiro atoms. The standard InChI is InChI=1S/C20H21N5OS/c1-13(27-20-23-22-12-24(20)2)14-7-5-8-15(10-14)18-11-16-6-3-4-9-17(16)25(18)19(21)26/h3-10,12-13,18H,11H2,1-2H3,(H2,21,26). The van der Waals surface area contributed by atoms with Crippen molar-refractivity contribution in [2.45, 2.75) is 29.8 Å². The number of fused-ring (bicyclic) bond motifs is 1. The molecule has 6 nitrogen and oxygen atoms in total. The summed E-state index contributed by atoms with van der Waals surface area (Å²) in [6.07, 6.45) is 2.47. The molecule has 1 aliphatic heterocycles. The highest BCUT2D eigenvalue weighted by molar-refractivity contribution is 7.99. The second-order valence-electron chi connectivity index (χ2n) is 6.71. The number of amides is 2. The number of aromatic nitrogens is 3. The summed E-state index contributed by atoms with van der Waals surface area (Å²) in [6, 6.07) is 15.8. The number of para-hydroxylation sites is 1. The van der Waals surface area contributed by atoms with E-state index in [-0.39, 0.29) is 11.3 Å². The summed E-state index contributed by atoms with van der Waals surface area (Å²) in [5.41, 5.74) is 10.0. The summed E-state index contributed by atoms with van der Waals surface area (Å²) in [7, 11) is 1.94. The van der Waals surface area contributed by atoms with Crippen LogP contribution in [0.5, 0.6) is 0 Å². The minimum Gasteiger partial charge on any atom is -0.351 e. The van der Waals surface area contributed by atoms with E-state index in [2.05, 4.69) is 41.4 Å². The van der Waals surface area contributed by atoms with Crippen molar-refractivity contribution in [1.82, 2.24) is 14.8 Å². The van der Waals surface area contributed by atoms with Gasteiger partial charge in [-0.25, -0.2) is 4.79 Å². The number of primary amides is 1. The maximum atomic E-state index is 12.1. The van der Waals surface area contributed by atoms with Crippen LogP contribution in [0, 0.1) is 0 Å². The predicted molar refractivity (Wildman–Crippen MR) is 107 cm³/mol. The number of benzene rings is 2. The van der Waals surface area contributed by atoms with Gasteiger partial charge >= 0.3 is 6.03 Å². The highest BCUT2D eigenvalue weighted by Crippen LogP contribution is 2.41. The van der Waals surface area contributed by atoms with Gasteiger partial charge in [0.2, 0.25) is 0 Å². The molecule has 2 atom stereocenters. The molecule has 7 heteroatoms. The Bertz CT molecular complexity index is 986. The first-order chi connectivity index (χ1) is 13.0. The van der Waals surface area contributed by atoms with Gasteiger partial charge in [-0.1, -0.05) is 54.2 Å². The lowest BCUT2D eigenvalue weighted by molar-refractivity contribution is 0.252. The van der Waals surface area contributed by atoms with Crippen molar-refractivity contribution in [3.63, 3.8) is 0 Å². The quantitative estimate of drug-likeness (QED) is 0.699. The Morgan fingerprint density at radius 3 is 2.81 bits per heavy atom. The fraction of sp³-hybridized carbons (Fsp3) is 0.250. The first-order valence-corrected chi connectivity index (χ1v) is 9.69. The predicted octanol–water partition coefficient (Wildman–Crippen LogP) is 3.85. The van der Waals surface area contributed by atoms with Crippen molar-refractivity contribution in [1.29, 1.82) is 0 Å². The van der Waals surface area contributed by atoms with E-state index in [4.69, 9.17) is 5.73 Å². The number of carbonyl (C=O) groups excluding carboxylic acids is 1. The first kappa shape index (κ1) is 17.6. The molecular weight excluding hydrogens is 358 g/mol. The van der Waals surface area contributed by atoms with Crippen LogP contribution >= 0.6 is 11.8 Å². The molecule has 0 bridgehead atoms. The topological polar surface area (TPSA) is 77.0 Å². The molecule has 27 heavy (non-hydrogen) atoms. The Morgan fingerprint density at radius 2 is 2.07 bits per heavy atom. The molecule has 2 heterocycles. The smallest absolute Gasteiger partial charge is 0.319 e. The molecule has 2 aromatic carbocycles. The fourth-order valence-corrected chi connectivity index (χ4v) is 4.46. The Balaban J connectivity index is 1.63. The van der Waals surface area contributed by atoms with E-state index < -0.39 is 6.03 Å². The molecule has 0 saturated heterocycles. The Morgan fingerprint density at radius 1 is 1.26 bits per heavy atom. The van der Waals surface area contributed by atoms with E-state index in [1.807, 2.05) is 35.9 Å². The van der Waals surface area contributed by atoms with Crippen LogP contribution < -0.4 is 10.6 Å². The zero-order valence-electron chi connectivity index (χ0n) is 15.2. The summed E-state index contributed by atoms with van der Waals surface area (Å²) in [5.74, 6) is 0. The summed E-state index contributed by atoms with van der Waals surface area (Å²) >= 11 is 1.66. The van der Waals surface area contributed by atoms with Gasteiger partial charge in [-0.05, 0) is 36.1 Å². The molecule has 2 N–H and O–H groups in total. The van der Waals surface area contributed by atoms with Gasteiger partial charge < -0.3 is 10.3 Å². The molecular formula is C20H21N5OS. The van der Waals surface area contributed by atoms with E-state index in [0.29, 0.717) is 0 Å². The van der Waals surface area contributed by atoms with E-state index in [1.165, 1.54) is 5.56 Å². The van der Waals surface area contributed by atoms with Gasteiger partial charge in [-0.15, -0.1) is 10.2 Å². The third-order valence-electron chi connectivity index (χ3n) is 4.93. The van der Waals surface area contributed by atoms with Crippen LogP contribution in [0.15, 0.2) is 60.0 Å². The molecule has 2 amide bonds. The van der Waals surface area contributed by atoms with E-state index in [0.717, 1.165) is 28.4 Å². The molecule has 0 saturated carbocycles. The highest BCUT2D eigenvalue weighted by Gasteiger charge is 2.33. The second kappa shape index (κ2) is 7.08. The van der Waals surface area contributed by atoms with Crippen LogP contribution in [-0.2, 0) is 13.5 Å². The molecule has 0 radical (unpaired) electrons. The lowest BCUT2D eigenvalue weighted by atomic mass is 9.99. The largest absolute Gasteiger partial charge is 0.351 e. The number of thioether (sulfide) groups is 1. The third kappa shape index (κ3) is 3.30. The van der Waals surface area contributed by atoms with Crippen LogP contribution in [0.2, 0.25) is 0 Å². The normalized spacial score (nSPS) is 17.0. The van der Waals surface area contributed by atoms with Crippen molar-refractivity contribution in [2.75, 3.05) is 4.90 Å². The van der Waals surface area contributed by atoms with Crippen molar-refractivity contribution < 1.29 is 4.79 Å². The van der Waals surface area contributed by atoms with Crippen molar-refractivity contribution in [3.8, 4) is 0 Å². The molecule has 0 fully saturated rings. The number of anilines is 1. The van der Waals surface area contributed by atoms with Gasteiger partial charge in [0.15, 0.2) is 5.16 Å². The van der Waals surface area contributed by atoms with Crippen LogP contribution in [0.3, 0.4) is 0 Å². The average molecular weight is 379 g/mol. The van der Waals surface area contributed by atoms with Gasteiger partial charge in [0.1, 0.15) is 6.33 Å². The Labute approximate surface area is 162 Å². The lowest BCUT2D eigenvalue weighted by Gasteiger charge is -2.24. The van der Waals surface area contributed by atoms with Crippen LogP contribution in [0.1, 0.15) is 34.9 Å². The Kier molecular flexibility index (Phi) is 4.61. The zero-order valence-corrected chi connectivity index (χ0v) is 16.1. The van der Waals surface area contributed by atoms with Gasteiger partial charge in [0.05, 0.1) is 6.04 Å². The monoisotopic (exact) mass is 379 g/mol. The number of nitrogens with zero attached hydrogens (tertiary/aromatic N) is 4. The second-order valence-corrected chi connectivity index (χ2v) is 8.02. The molecule has 1 aromatic heterocycles. The molecule has 2 unspecified atom stereocenters. The number of urea groups is 1. The summed E-state index contributed by atoms with van der Waals surface area (Å²) in [6.45, 7) is 2.15. The number of rotatable bonds is 4. The average Bonchev–Trinajstić information content (AvgIpc) is 3.25. The fourth-order valence-electron chi connectivity index (χ4n) is 3.55. The summed E-state index contributed by atoms with van der Waals surface area (Å²) < 4.78 is 1.91. The van der Waals surface area contributed by atoms with Crippen LogP contribution in [0.25, 0.3) is 0 Å². The number of hydrogen-bond acceptors (Lipinski definition) is 4. The van der Waals surface area contributed by atoms with Crippen molar-refractivity contribution >= 4 is 23.5 Å². The van der Waals surface area contributed by atoms with Crippen molar-refractivity contribution in [2.24, 2.45) is 12.8 Å². The van der Waals surface area contributed by atoms with Crippen LogP contribution in [-0.4, -0.2) is 20.8 Å². The number of aryl methyl sites for hydroxylation is 1. The molecule has 3 aromatic rings. The van der Waals surface area contributed by atoms with E-state index >= 15 is 0 Å². The maximum absolute atomic E-state index is 12.1. The van der Waals surface area contributed by atoms with Gasteiger partial charge in [0.25, 0.3) is 0 Å². The minimum atomic E-state index is -0.420. The lowest BCUT2D eigenvalue weighted by Crippen LogP contribution is -2.36. The summed E-state index contributed by atoms with van der Waals surface area (Å²) in [4.78, 5) is 13.8. The molecule has 4 rings (SSSR count). The van der Waals surface area contributed by atoms with Gasteiger partial charge in [-0.2, -0.15) is 0 Å². The third-order valence-corrected chi connectivity index (χ3v) is 6.14. The molecule has 138 valence electrons. The zero-order chi connectivity index (χ0) is 19.0. The maximum Gasteiger partial charge on any atom is 0.319 e. The van der Waals surface area contributed by atoms with E-state index in [9.17, 15) is 4.79 Å². The highest BCUT2D eigenvalue weighted by atomic mass is 32.2. The SMILES string of the molecule is CC(Sc1nncn1C)c1cccc(C2Cc3ccccc3N2C(N)=O)c1. The van der Waals surface area contributed by atoms with Gasteiger partial charge in [0, 0.05) is 18.0 Å². The molecule has 1 aliphatic rings. The molecule has 0 aliphatic carbocycles. The number of hydrogen-bond donors (Lipinski definition) is 1. The minimum absolute atomic E-state index is 0.0770. The number of carbonyl (C=O) groups is 1. The Hall–Kier alpha value is -2.80. The number of nitrogens with two attached hydrogens (primary N) is 1. The first-order valence-electron chi connectivity index (χ1n) is 8.81. The van der Waals surface area contributed by atoms with E-state index in [1.54, 1.807) is 23.0 Å². The van der Waals surface area contributed by atoms with Crippen LogP contribution in [0.4, 0.5) is 10.5 Å². The summed E-state index contributed by atoms with van der Waals surface area (Å²) in [5, 5.41) is 9.17. The van der Waals surface area contributed by atoms with Gasteiger partial charge in [-0.3, -0.25) is 4.90 Å².